The number of ether oxygens (including phenoxy) is 1. The number of amides is 1. The molecule has 15 heavy (non-hydrogen) atoms. The van der Waals surface area contributed by atoms with Gasteiger partial charge < -0.3 is 15.0 Å². The van der Waals surface area contributed by atoms with Gasteiger partial charge in [0.2, 0.25) is 0 Å². The van der Waals surface area contributed by atoms with Gasteiger partial charge in [-0.15, -0.1) is 0 Å². The molecule has 2 aliphatic rings. The Balaban J connectivity index is 2.08. The second-order valence-electron chi connectivity index (χ2n) is 5.09. The number of rotatable bonds is 2. The van der Waals surface area contributed by atoms with Crippen LogP contribution in [0.3, 0.4) is 0 Å². The molecule has 0 spiro atoms. The van der Waals surface area contributed by atoms with Crippen molar-refractivity contribution in [2.24, 2.45) is 5.92 Å². The van der Waals surface area contributed by atoms with E-state index in [9.17, 15) is 4.79 Å². The lowest BCUT2D eigenvalue weighted by Gasteiger charge is -2.28. The Morgan fingerprint density at radius 3 is 2.80 bits per heavy atom. The summed E-state index contributed by atoms with van der Waals surface area (Å²) >= 11 is 0. The summed E-state index contributed by atoms with van der Waals surface area (Å²) in [6.45, 7) is 8.86. The maximum absolute atomic E-state index is 11.7. The van der Waals surface area contributed by atoms with E-state index < -0.39 is 0 Å². The van der Waals surface area contributed by atoms with Gasteiger partial charge in [0.05, 0.1) is 6.54 Å². The minimum Gasteiger partial charge on any atom is -0.441 e. The predicted molar refractivity (Wildman–Crippen MR) is 57.7 cm³/mol. The van der Waals surface area contributed by atoms with Crippen molar-refractivity contribution in [3.63, 3.8) is 0 Å². The first kappa shape index (κ1) is 10.7. The molecule has 4 heteroatoms. The Bertz CT molecular complexity index is 261. The van der Waals surface area contributed by atoms with Gasteiger partial charge >= 0.3 is 6.09 Å². The van der Waals surface area contributed by atoms with Crippen LogP contribution in [0, 0.1) is 5.92 Å². The van der Waals surface area contributed by atoms with E-state index in [1.54, 1.807) is 0 Å². The fourth-order valence-electron chi connectivity index (χ4n) is 2.47. The van der Waals surface area contributed by atoms with E-state index >= 15 is 0 Å². The molecule has 0 saturated carbocycles. The molecule has 1 amide bonds. The molecule has 2 rings (SSSR count). The fourth-order valence-corrected chi connectivity index (χ4v) is 2.47. The molecule has 0 aromatic carbocycles. The highest BCUT2D eigenvalue weighted by Gasteiger charge is 2.48. The number of cyclic esters (lactones) is 1. The van der Waals surface area contributed by atoms with Crippen molar-refractivity contribution in [1.29, 1.82) is 0 Å². The van der Waals surface area contributed by atoms with Crippen LogP contribution in [-0.2, 0) is 4.74 Å². The molecule has 2 heterocycles. The normalized spacial score (nSPS) is 36.4. The second-order valence-corrected chi connectivity index (χ2v) is 5.09. The minimum absolute atomic E-state index is 0.153. The smallest absolute Gasteiger partial charge is 0.410 e. The highest BCUT2D eigenvalue weighted by molar-refractivity contribution is 5.71. The standard InChI is InChI=1S/C11H20N2O2/c1-8(2)13-7-11(3,15-10(13)14)9-4-5-12-6-9/h8-9,12H,4-7H2,1-3H3. The third-order valence-corrected chi connectivity index (χ3v) is 3.59. The van der Waals surface area contributed by atoms with Crippen LogP contribution in [0.2, 0.25) is 0 Å². The van der Waals surface area contributed by atoms with Gasteiger partial charge in [0.15, 0.2) is 0 Å². The van der Waals surface area contributed by atoms with Crippen molar-refractivity contribution in [3.05, 3.63) is 0 Å². The monoisotopic (exact) mass is 212 g/mol. The zero-order valence-corrected chi connectivity index (χ0v) is 9.75. The molecule has 0 aromatic heterocycles. The zero-order chi connectivity index (χ0) is 11.1. The molecular formula is C11H20N2O2. The van der Waals surface area contributed by atoms with Crippen LogP contribution in [0.1, 0.15) is 27.2 Å². The lowest BCUT2D eigenvalue weighted by molar-refractivity contribution is 0.0287. The van der Waals surface area contributed by atoms with E-state index in [2.05, 4.69) is 12.2 Å². The average molecular weight is 212 g/mol. The number of hydrogen-bond acceptors (Lipinski definition) is 3. The molecule has 86 valence electrons. The van der Waals surface area contributed by atoms with Crippen molar-refractivity contribution in [2.45, 2.75) is 38.8 Å². The topological polar surface area (TPSA) is 41.6 Å². The van der Waals surface area contributed by atoms with Gasteiger partial charge in [0.25, 0.3) is 0 Å². The number of nitrogens with one attached hydrogen (secondary N) is 1. The van der Waals surface area contributed by atoms with Crippen LogP contribution in [0.15, 0.2) is 0 Å². The number of carbonyl (C=O) groups is 1. The molecule has 0 aromatic rings. The van der Waals surface area contributed by atoms with Crippen molar-refractivity contribution in [1.82, 2.24) is 10.2 Å². The molecule has 1 N–H and O–H groups in total. The zero-order valence-electron chi connectivity index (χ0n) is 9.75. The van der Waals surface area contributed by atoms with Crippen LogP contribution in [0.4, 0.5) is 4.79 Å². The van der Waals surface area contributed by atoms with Crippen molar-refractivity contribution >= 4 is 6.09 Å². The molecule has 2 atom stereocenters. The fraction of sp³-hybridized carbons (Fsp3) is 0.909. The summed E-state index contributed by atoms with van der Waals surface area (Å²) in [7, 11) is 0. The second kappa shape index (κ2) is 3.67. The molecule has 0 radical (unpaired) electrons. The summed E-state index contributed by atoms with van der Waals surface area (Å²) < 4.78 is 5.55. The summed E-state index contributed by atoms with van der Waals surface area (Å²) in [5.41, 5.74) is -0.287. The van der Waals surface area contributed by atoms with Crippen LogP contribution < -0.4 is 5.32 Å². The third-order valence-electron chi connectivity index (χ3n) is 3.59. The maximum Gasteiger partial charge on any atom is 0.410 e. The van der Waals surface area contributed by atoms with E-state index in [1.807, 2.05) is 18.7 Å². The first-order valence-corrected chi connectivity index (χ1v) is 5.73. The molecule has 2 saturated heterocycles. The number of nitrogens with zero attached hydrogens (tertiary/aromatic N) is 1. The van der Waals surface area contributed by atoms with Crippen LogP contribution >= 0.6 is 0 Å². The summed E-state index contributed by atoms with van der Waals surface area (Å²) in [6, 6.07) is 0.230. The van der Waals surface area contributed by atoms with Gasteiger partial charge in [-0.2, -0.15) is 0 Å². The first-order chi connectivity index (χ1) is 7.03. The summed E-state index contributed by atoms with van der Waals surface area (Å²) in [5.74, 6) is 0.463. The lowest BCUT2D eigenvalue weighted by atomic mass is 9.88. The predicted octanol–water partition coefficient (Wildman–Crippen LogP) is 1.22. The van der Waals surface area contributed by atoms with Gasteiger partial charge in [-0.25, -0.2) is 4.79 Å². The largest absolute Gasteiger partial charge is 0.441 e. The summed E-state index contributed by atoms with van der Waals surface area (Å²) in [6.07, 6.45) is 0.954. The SMILES string of the molecule is CC(C)N1CC(C)(C2CCNC2)OC1=O. The molecule has 2 fully saturated rings. The Morgan fingerprint density at radius 2 is 2.33 bits per heavy atom. The summed E-state index contributed by atoms with van der Waals surface area (Å²) in [4.78, 5) is 13.5. The van der Waals surface area contributed by atoms with E-state index in [0.717, 1.165) is 26.1 Å². The lowest BCUT2D eigenvalue weighted by Crippen LogP contribution is -2.41. The van der Waals surface area contributed by atoms with Gasteiger partial charge in [0.1, 0.15) is 5.60 Å². The van der Waals surface area contributed by atoms with Crippen molar-refractivity contribution < 1.29 is 9.53 Å². The third kappa shape index (κ3) is 1.83. The highest BCUT2D eigenvalue weighted by Crippen LogP contribution is 2.34. The molecule has 4 nitrogen and oxygen atoms in total. The molecule has 2 aliphatic heterocycles. The van der Waals surface area contributed by atoms with Gasteiger partial charge in [0, 0.05) is 18.5 Å². The summed E-state index contributed by atoms with van der Waals surface area (Å²) in [5, 5.41) is 3.32. The quantitative estimate of drug-likeness (QED) is 0.748. The van der Waals surface area contributed by atoms with Crippen LogP contribution in [-0.4, -0.2) is 42.3 Å². The van der Waals surface area contributed by atoms with Gasteiger partial charge in [-0.3, -0.25) is 0 Å². The minimum atomic E-state index is -0.287. The molecular weight excluding hydrogens is 192 g/mol. The van der Waals surface area contributed by atoms with Crippen molar-refractivity contribution in [3.8, 4) is 0 Å². The van der Waals surface area contributed by atoms with Crippen LogP contribution in [0.25, 0.3) is 0 Å². The van der Waals surface area contributed by atoms with E-state index in [-0.39, 0.29) is 17.7 Å². The molecule has 2 unspecified atom stereocenters. The Hall–Kier alpha value is -0.770. The Labute approximate surface area is 91.0 Å². The first-order valence-electron chi connectivity index (χ1n) is 5.73. The Kier molecular flexibility index (Phi) is 2.63. The average Bonchev–Trinajstić information content (AvgIpc) is 2.73. The van der Waals surface area contributed by atoms with E-state index in [0.29, 0.717) is 5.92 Å². The van der Waals surface area contributed by atoms with Crippen LogP contribution in [0.5, 0.6) is 0 Å². The molecule has 0 bridgehead atoms. The highest BCUT2D eigenvalue weighted by atomic mass is 16.6. The van der Waals surface area contributed by atoms with E-state index in [4.69, 9.17) is 4.74 Å². The van der Waals surface area contributed by atoms with E-state index in [1.165, 1.54) is 0 Å². The Morgan fingerprint density at radius 1 is 1.60 bits per heavy atom. The number of carbonyl (C=O) groups excluding carboxylic acids is 1. The maximum atomic E-state index is 11.7. The van der Waals surface area contributed by atoms with Gasteiger partial charge in [-0.1, -0.05) is 0 Å². The number of hydrogen-bond donors (Lipinski definition) is 1. The molecule has 0 aliphatic carbocycles. The van der Waals surface area contributed by atoms with Gasteiger partial charge in [-0.05, 0) is 33.7 Å². The van der Waals surface area contributed by atoms with Crippen molar-refractivity contribution in [2.75, 3.05) is 19.6 Å².